The van der Waals surface area contributed by atoms with Crippen LogP contribution in [0.1, 0.15) is 35.7 Å². The Bertz CT molecular complexity index is 416. The number of benzene rings is 1. The number of hydrogen-bond donors (Lipinski definition) is 0. The van der Waals surface area contributed by atoms with E-state index in [0.29, 0.717) is 0 Å². The second-order valence-corrected chi connectivity index (χ2v) is 4.47. The average Bonchev–Trinajstić information content (AvgIpc) is 2.67. The van der Waals surface area contributed by atoms with Crippen molar-refractivity contribution in [2.75, 3.05) is 6.54 Å². The summed E-state index contributed by atoms with van der Waals surface area (Å²) in [6, 6.07) is 4.90. The largest absolute Gasteiger partial charge is 0.336 e. The first-order valence-electron chi connectivity index (χ1n) is 5.66. The Morgan fingerprint density at radius 1 is 1.50 bits per heavy atom. The first kappa shape index (κ1) is 11.1. The number of likely N-dealkylation sites (tertiary alicyclic amines) is 1. The van der Waals surface area contributed by atoms with E-state index in [1.807, 2.05) is 13.8 Å². The molecule has 0 aromatic heterocycles. The molecule has 86 valence electrons. The third-order valence-electron chi connectivity index (χ3n) is 3.17. The van der Waals surface area contributed by atoms with Crippen LogP contribution in [0.15, 0.2) is 18.2 Å². The standard InChI is InChI=1S/C13H16FNO/c1-9-5-6-12(14)11(8-9)13(16)15-7-3-4-10(15)2/h5-6,8,10H,3-4,7H2,1-2H3. The van der Waals surface area contributed by atoms with Crippen LogP contribution in [-0.4, -0.2) is 23.4 Å². The van der Waals surface area contributed by atoms with Crippen molar-refractivity contribution in [1.82, 2.24) is 4.90 Å². The minimum atomic E-state index is -0.422. The predicted octanol–water partition coefficient (Wildman–Crippen LogP) is 2.76. The van der Waals surface area contributed by atoms with Gasteiger partial charge in [0.1, 0.15) is 5.82 Å². The minimum absolute atomic E-state index is 0.175. The first-order chi connectivity index (χ1) is 7.59. The molecule has 1 aromatic carbocycles. The van der Waals surface area contributed by atoms with Gasteiger partial charge in [-0.1, -0.05) is 11.6 Å². The molecule has 1 aliphatic heterocycles. The van der Waals surface area contributed by atoms with Gasteiger partial charge < -0.3 is 4.90 Å². The summed E-state index contributed by atoms with van der Waals surface area (Å²) in [5, 5.41) is 0. The van der Waals surface area contributed by atoms with Gasteiger partial charge in [0, 0.05) is 12.6 Å². The fourth-order valence-electron chi connectivity index (χ4n) is 2.19. The van der Waals surface area contributed by atoms with Crippen molar-refractivity contribution in [3.8, 4) is 0 Å². The Morgan fingerprint density at radius 3 is 2.88 bits per heavy atom. The predicted molar refractivity (Wildman–Crippen MR) is 60.9 cm³/mol. The molecule has 2 rings (SSSR count). The highest BCUT2D eigenvalue weighted by Crippen LogP contribution is 2.21. The normalized spacial score (nSPS) is 20.2. The van der Waals surface area contributed by atoms with E-state index >= 15 is 0 Å². The lowest BCUT2D eigenvalue weighted by molar-refractivity contribution is 0.0742. The van der Waals surface area contributed by atoms with Gasteiger partial charge in [-0.15, -0.1) is 0 Å². The molecule has 0 saturated carbocycles. The van der Waals surface area contributed by atoms with Gasteiger partial charge in [-0.25, -0.2) is 4.39 Å². The topological polar surface area (TPSA) is 20.3 Å². The molecule has 1 unspecified atom stereocenters. The molecule has 1 heterocycles. The Kier molecular flexibility index (Phi) is 2.95. The minimum Gasteiger partial charge on any atom is -0.336 e. The molecule has 3 heteroatoms. The molecule has 0 N–H and O–H groups in total. The van der Waals surface area contributed by atoms with Gasteiger partial charge in [0.2, 0.25) is 0 Å². The van der Waals surface area contributed by atoms with E-state index in [1.54, 1.807) is 17.0 Å². The zero-order valence-corrected chi connectivity index (χ0v) is 9.66. The summed E-state index contributed by atoms with van der Waals surface area (Å²) in [6.07, 6.45) is 2.03. The number of nitrogens with zero attached hydrogens (tertiary/aromatic N) is 1. The van der Waals surface area contributed by atoms with Crippen molar-refractivity contribution >= 4 is 5.91 Å². The van der Waals surface area contributed by atoms with Crippen molar-refractivity contribution in [1.29, 1.82) is 0 Å². The summed E-state index contributed by atoms with van der Waals surface area (Å²) in [7, 11) is 0. The summed E-state index contributed by atoms with van der Waals surface area (Å²) in [6.45, 7) is 4.62. The van der Waals surface area contributed by atoms with E-state index in [1.165, 1.54) is 6.07 Å². The average molecular weight is 221 g/mol. The monoisotopic (exact) mass is 221 g/mol. The van der Waals surface area contributed by atoms with Crippen LogP contribution in [0.4, 0.5) is 4.39 Å². The van der Waals surface area contributed by atoms with Gasteiger partial charge in [0.05, 0.1) is 5.56 Å². The van der Waals surface area contributed by atoms with E-state index in [9.17, 15) is 9.18 Å². The highest BCUT2D eigenvalue weighted by Gasteiger charge is 2.27. The molecule has 0 bridgehead atoms. The molecule has 1 aliphatic rings. The van der Waals surface area contributed by atoms with Crippen LogP contribution in [0.25, 0.3) is 0 Å². The summed E-state index contributed by atoms with van der Waals surface area (Å²) in [5.41, 5.74) is 1.12. The molecule has 16 heavy (non-hydrogen) atoms. The number of halogens is 1. The SMILES string of the molecule is Cc1ccc(F)c(C(=O)N2CCCC2C)c1. The van der Waals surface area contributed by atoms with Gasteiger partial charge in [-0.05, 0) is 38.8 Å². The zero-order valence-electron chi connectivity index (χ0n) is 9.66. The van der Waals surface area contributed by atoms with E-state index in [4.69, 9.17) is 0 Å². The van der Waals surface area contributed by atoms with Crippen molar-refractivity contribution in [3.63, 3.8) is 0 Å². The van der Waals surface area contributed by atoms with E-state index in [0.717, 1.165) is 24.9 Å². The van der Waals surface area contributed by atoms with E-state index < -0.39 is 5.82 Å². The number of hydrogen-bond acceptors (Lipinski definition) is 1. The number of carbonyl (C=O) groups excluding carboxylic acids is 1. The fourth-order valence-corrected chi connectivity index (χ4v) is 2.19. The van der Waals surface area contributed by atoms with Crippen LogP contribution >= 0.6 is 0 Å². The third kappa shape index (κ3) is 1.94. The quantitative estimate of drug-likeness (QED) is 0.714. The van der Waals surface area contributed by atoms with Crippen molar-refractivity contribution < 1.29 is 9.18 Å². The Balaban J connectivity index is 2.29. The molecule has 1 amide bonds. The van der Waals surface area contributed by atoms with Crippen LogP contribution in [0, 0.1) is 12.7 Å². The van der Waals surface area contributed by atoms with Crippen molar-refractivity contribution in [2.24, 2.45) is 0 Å². The third-order valence-corrected chi connectivity index (χ3v) is 3.17. The number of rotatable bonds is 1. The van der Waals surface area contributed by atoms with Crippen LogP contribution < -0.4 is 0 Å². The van der Waals surface area contributed by atoms with Crippen molar-refractivity contribution in [2.45, 2.75) is 32.7 Å². The zero-order chi connectivity index (χ0) is 11.7. The second kappa shape index (κ2) is 4.24. The van der Waals surface area contributed by atoms with Gasteiger partial charge in [0.15, 0.2) is 0 Å². The molecule has 0 spiro atoms. The molecule has 0 radical (unpaired) electrons. The molecule has 1 atom stereocenters. The highest BCUT2D eigenvalue weighted by atomic mass is 19.1. The van der Waals surface area contributed by atoms with Crippen LogP contribution in [0.5, 0.6) is 0 Å². The molecule has 1 aromatic rings. The molecular formula is C13H16FNO. The van der Waals surface area contributed by atoms with Crippen molar-refractivity contribution in [3.05, 3.63) is 35.1 Å². The Hall–Kier alpha value is -1.38. The summed E-state index contributed by atoms with van der Waals surface area (Å²) in [4.78, 5) is 13.9. The molecule has 1 saturated heterocycles. The van der Waals surface area contributed by atoms with E-state index in [2.05, 4.69) is 0 Å². The van der Waals surface area contributed by atoms with E-state index in [-0.39, 0.29) is 17.5 Å². The number of carbonyl (C=O) groups is 1. The lowest BCUT2D eigenvalue weighted by Gasteiger charge is -2.21. The lowest BCUT2D eigenvalue weighted by Crippen LogP contribution is -2.34. The Morgan fingerprint density at radius 2 is 2.25 bits per heavy atom. The molecular weight excluding hydrogens is 205 g/mol. The van der Waals surface area contributed by atoms with Gasteiger partial charge in [0.25, 0.3) is 5.91 Å². The maximum absolute atomic E-state index is 13.6. The number of aryl methyl sites for hydroxylation is 1. The molecule has 2 nitrogen and oxygen atoms in total. The van der Waals surface area contributed by atoms with Crippen LogP contribution in [-0.2, 0) is 0 Å². The molecule has 1 fully saturated rings. The van der Waals surface area contributed by atoms with Gasteiger partial charge >= 0.3 is 0 Å². The Labute approximate surface area is 95.1 Å². The second-order valence-electron chi connectivity index (χ2n) is 4.47. The van der Waals surface area contributed by atoms with Crippen LogP contribution in [0.3, 0.4) is 0 Å². The maximum atomic E-state index is 13.6. The van der Waals surface area contributed by atoms with Gasteiger partial charge in [-0.3, -0.25) is 4.79 Å². The maximum Gasteiger partial charge on any atom is 0.257 e. The summed E-state index contributed by atoms with van der Waals surface area (Å²) in [5.74, 6) is -0.596. The van der Waals surface area contributed by atoms with Gasteiger partial charge in [-0.2, -0.15) is 0 Å². The fraction of sp³-hybridized carbons (Fsp3) is 0.462. The first-order valence-corrected chi connectivity index (χ1v) is 5.66. The van der Waals surface area contributed by atoms with Crippen LogP contribution in [0.2, 0.25) is 0 Å². The highest BCUT2D eigenvalue weighted by molar-refractivity contribution is 5.95. The number of amides is 1. The summed E-state index contributed by atoms with van der Waals surface area (Å²) < 4.78 is 13.6. The summed E-state index contributed by atoms with van der Waals surface area (Å²) >= 11 is 0. The molecule has 0 aliphatic carbocycles. The lowest BCUT2D eigenvalue weighted by atomic mass is 10.1. The smallest absolute Gasteiger partial charge is 0.257 e.